The summed E-state index contributed by atoms with van der Waals surface area (Å²) in [6.07, 6.45) is 6.80. The molecule has 2 amide bonds. The van der Waals surface area contributed by atoms with Crippen molar-refractivity contribution in [1.29, 1.82) is 0 Å². The second-order valence-electron chi connectivity index (χ2n) is 8.15. The molecule has 0 bridgehead atoms. The van der Waals surface area contributed by atoms with Gasteiger partial charge < -0.3 is 20.7 Å². The van der Waals surface area contributed by atoms with E-state index in [2.05, 4.69) is 22.9 Å². The van der Waals surface area contributed by atoms with Gasteiger partial charge in [0.25, 0.3) is 5.91 Å². The maximum absolute atomic E-state index is 12.4. The van der Waals surface area contributed by atoms with Crippen LogP contribution < -0.4 is 20.7 Å². The maximum Gasteiger partial charge on any atom is 0.251 e. The predicted octanol–water partition coefficient (Wildman–Crippen LogP) is 4.98. The molecule has 1 atom stereocenters. The van der Waals surface area contributed by atoms with Gasteiger partial charge in [0, 0.05) is 29.0 Å². The van der Waals surface area contributed by atoms with E-state index in [9.17, 15) is 9.59 Å². The standard InChI is InChI=1S/C25H33N3O3/c1-3-18(2)31-23-11-7-10-22(16-23)26-17-24(29)27-21-14-12-19(13-15-21)25(30)28-20-8-5-4-6-9-20/h7,10-16,18,20,26H,3-6,8-9,17H2,1-2H3,(H,27,29)(H,28,30). The number of hydrogen-bond acceptors (Lipinski definition) is 4. The number of benzene rings is 2. The maximum atomic E-state index is 12.4. The van der Waals surface area contributed by atoms with Crippen LogP contribution >= 0.6 is 0 Å². The van der Waals surface area contributed by atoms with Crippen LogP contribution in [0.4, 0.5) is 11.4 Å². The molecular weight excluding hydrogens is 390 g/mol. The lowest BCUT2D eigenvalue weighted by molar-refractivity contribution is -0.114. The van der Waals surface area contributed by atoms with Gasteiger partial charge in [0.1, 0.15) is 5.75 Å². The van der Waals surface area contributed by atoms with Gasteiger partial charge in [0.15, 0.2) is 0 Å². The molecule has 166 valence electrons. The van der Waals surface area contributed by atoms with E-state index in [1.807, 2.05) is 31.2 Å². The Balaban J connectivity index is 1.46. The molecule has 31 heavy (non-hydrogen) atoms. The van der Waals surface area contributed by atoms with E-state index in [1.54, 1.807) is 24.3 Å². The molecule has 2 aromatic rings. The Kier molecular flexibility index (Phi) is 8.33. The SMILES string of the molecule is CCC(C)Oc1cccc(NCC(=O)Nc2ccc(C(=O)NC3CCCCC3)cc2)c1. The lowest BCUT2D eigenvalue weighted by atomic mass is 9.95. The molecule has 0 aliphatic heterocycles. The minimum absolute atomic E-state index is 0.0501. The number of carbonyl (C=O) groups is 2. The first-order valence-corrected chi connectivity index (χ1v) is 11.2. The van der Waals surface area contributed by atoms with Crippen molar-refractivity contribution in [2.45, 2.75) is 64.5 Å². The molecule has 0 heterocycles. The number of hydrogen-bond donors (Lipinski definition) is 3. The third kappa shape index (κ3) is 7.31. The van der Waals surface area contributed by atoms with Crippen molar-refractivity contribution in [2.75, 3.05) is 17.2 Å². The van der Waals surface area contributed by atoms with Crippen LogP contribution in [0.1, 0.15) is 62.7 Å². The lowest BCUT2D eigenvalue weighted by Crippen LogP contribution is -2.36. The van der Waals surface area contributed by atoms with Gasteiger partial charge >= 0.3 is 0 Å². The summed E-state index contributed by atoms with van der Waals surface area (Å²) in [7, 11) is 0. The monoisotopic (exact) mass is 423 g/mol. The highest BCUT2D eigenvalue weighted by Gasteiger charge is 2.16. The average molecular weight is 424 g/mol. The van der Waals surface area contributed by atoms with Crippen LogP contribution in [-0.4, -0.2) is 30.5 Å². The Morgan fingerprint density at radius 1 is 1.03 bits per heavy atom. The summed E-state index contributed by atoms with van der Waals surface area (Å²) in [5.74, 6) is 0.570. The molecular formula is C25H33N3O3. The quantitative estimate of drug-likeness (QED) is 0.532. The second kappa shape index (κ2) is 11.4. The predicted molar refractivity (Wildman–Crippen MR) is 125 cm³/mol. The van der Waals surface area contributed by atoms with Gasteiger partial charge in [0.2, 0.25) is 5.91 Å². The van der Waals surface area contributed by atoms with Crippen LogP contribution in [-0.2, 0) is 4.79 Å². The third-order valence-corrected chi connectivity index (χ3v) is 5.57. The summed E-state index contributed by atoms with van der Waals surface area (Å²) in [6, 6.07) is 14.9. The van der Waals surface area contributed by atoms with E-state index < -0.39 is 0 Å². The summed E-state index contributed by atoms with van der Waals surface area (Å²) >= 11 is 0. The first-order chi connectivity index (χ1) is 15.0. The Labute approximate surface area is 184 Å². The molecule has 6 nitrogen and oxygen atoms in total. The molecule has 0 spiro atoms. The van der Waals surface area contributed by atoms with Crippen LogP contribution in [0.3, 0.4) is 0 Å². The number of ether oxygens (including phenoxy) is 1. The smallest absolute Gasteiger partial charge is 0.251 e. The fourth-order valence-corrected chi connectivity index (χ4v) is 3.60. The van der Waals surface area contributed by atoms with Gasteiger partial charge in [-0.3, -0.25) is 9.59 Å². The molecule has 0 saturated heterocycles. The molecule has 6 heteroatoms. The minimum atomic E-state index is -0.160. The Bertz CT molecular complexity index is 861. The molecule has 0 radical (unpaired) electrons. The summed E-state index contributed by atoms with van der Waals surface area (Å²) < 4.78 is 5.81. The van der Waals surface area contributed by atoms with E-state index >= 15 is 0 Å². The number of amides is 2. The minimum Gasteiger partial charge on any atom is -0.491 e. The van der Waals surface area contributed by atoms with Gasteiger partial charge in [-0.2, -0.15) is 0 Å². The Morgan fingerprint density at radius 3 is 2.48 bits per heavy atom. The zero-order chi connectivity index (χ0) is 22.1. The first kappa shape index (κ1) is 22.7. The fraction of sp³-hybridized carbons (Fsp3) is 0.440. The molecule has 0 aromatic heterocycles. The largest absolute Gasteiger partial charge is 0.491 e. The van der Waals surface area contributed by atoms with Crippen molar-refractivity contribution >= 4 is 23.2 Å². The zero-order valence-electron chi connectivity index (χ0n) is 18.4. The highest BCUT2D eigenvalue weighted by Crippen LogP contribution is 2.20. The van der Waals surface area contributed by atoms with Gasteiger partial charge in [-0.1, -0.05) is 32.3 Å². The van der Waals surface area contributed by atoms with Gasteiger partial charge in [-0.25, -0.2) is 0 Å². The number of carbonyl (C=O) groups excluding carboxylic acids is 2. The van der Waals surface area contributed by atoms with Gasteiger partial charge in [0.05, 0.1) is 12.6 Å². The average Bonchev–Trinajstić information content (AvgIpc) is 2.79. The van der Waals surface area contributed by atoms with Crippen molar-refractivity contribution < 1.29 is 14.3 Å². The van der Waals surface area contributed by atoms with Crippen LogP contribution in [0.25, 0.3) is 0 Å². The summed E-state index contributed by atoms with van der Waals surface area (Å²) in [5.41, 5.74) is 2.10. The zero-order valence-corrected chi connectivity index (χ0v) is 18.4. The number of nitrogens with one attached hydrogen (secondary N) is 3. The van der Waals surface area contributed by atoms with Crippen molar-refractivity contribution in [3.05, 3.63) is 54.1 Å². The highest BCUT2D eigenvalue weighted by molar-refractivity contribution is 5.96. The van der Waals surface area contributed by atoms with Crippen molar-refractivity contribution in [3.63, 3.8) is 0 Å². The molecule has 1 saturated carbocycles. The fourth-order valence-electron chi connectivity index (χ4n) is 3.60. The van der Waals surface area contributed by atoms with Crippen LogP contribution in [0.15, 0.2) is 48.5 Å². The molecule has 1 fully saturated rings. The number of anilines is 2. The molecule has 1 aliphatic rings. The highest BCUT2D eigenvalue weighted by atomic mass is 16.5. The van der Waals surface area contributed by atoms with Gasteiger partial charge in [-0.15, -0.1) is 0 Å². The topological polar surface area (TPSA) is 79.5 Å². The van der Waals surface area contributed by atoms with E-state index in [0.717, 1.165) is 30.7 Å². The van der Waals surface area contributed by atoms with Crippen molar-refractivity contribution in [3.8, 4) is 5.75 Å². The Hall–Kier alpha value is -3.02. The van der Waals surface area contributed by atoms with Crippen molar-refractivity contribution in [1.82, 2.24) is 5.32 Å². The molecule has 1 aliphatic carbocycles. The van der Waals surface area contributed by atoms with E-state index in [0.29, 0.717) is 11.3 Å². The molecule has 2 aromatic carbocycles. The van der Waals surface area contributed by atoms with E-state index in [4.69, 9.17) is 4.74 Å². The third-order valence-electron chi connectivity index (χ3n) is 5.57. The van der Waals surface area contributed by atoms with Crippen LogP contribution in [0.5, 0.6) is 5.75 Å². The summed E-state index contributed by atoms with van der Waals surface area (Å²) in [6.45, 7) is 4.24. The first-order valence-electron chi connectivity index (χ1n) is 11.2. The van der Waals surface area contributed by atoms with Crippen LogP contribution in [0, 0.1) is 0 Å². The van der Waals surface area contributed by atoms with Gasteiger partial charge in [-0.05, 0) is 62.6 Å². The molecule has 1 unspecified atom stereocenters. The van der Waals surface area contributed by atoms with E-state index in [-0.39, 0.29) is 30.5 Å². The Morgan fingerprint density at radius 2 is 1.77 bits per heavy atom. The number of rotatable bonds is 9. The summed E-state index contributed by atoms with van der Waals surface area (Å²) in [4.78, 5) is 24.7. The molecule has 3 N–H and O–H groups in total. The second-order valence-corrected chi connectivity index (χ2v) is 8.15. The summed E-state index contributed by atoms with van der Waals surface area (Å²) in [5, 5.41) is 9.07. The lowest BCUT2D eigenvalue weighted by Gasteiger charge is -2.22. The van der Waals surface area contributed by atoms with E-state index in [1.165, 1.54) is 19.3 Å². The normalized spacial score (nSPS) is 15.0. The van der Waals surface area contributed by atoms with Crippen molar-refractivity contribution in [2.24, 2.45) is 0 Å². The van der Waals surface area contributed by atoms with Crippen LogP contribution in [0.2, 0.25) is 0 Å². The molecule has 3 rings (SSSR count).